The van der Waals surface area contributed by atoms with Gasteiger partial charge in [0.25, 0.3) is 0 Å². The summed E-state index contributed by atoms with van der Waals surface area (Å²) in [4.78, 5) is 0.603. The smallest absolute Gasteiger partial charge is 0.130 e. The van der Waals surface area contributed by atoms with Gasteiger partial charge in [-0.05, 0) is 43.4 Å². The largest absolute Gasteiger partial charge is 0.348 e. The van der Waals surface area contributed by atoms with Crippen LogP contribution in [0.3, 0.4) is 0 Å². The average Bonchev–Trinajstić information content (AvgIpc) is 2.43. The number of thiocarbonyl (C=S) groups is 1. The fourth-order valence-electron chi connectivity index (χ4n) is 2.36. The van der Waals surface area contributed by atoms with Crippen molar-refractivity contribution < 1.29 is 0 Å². The molecule has 0 heterocycles. The SMILES string of the molecule is CCC.CCc1c(C)c(Cl)c(NC(C)=S)c(C(=N)Cl)c1CC. The minimum atomic E-state index is -0.00722. The van der Waals surface area contributed by atoms with E-state index in [9.17, 15) is 0 Å². The Morgan fingerprint density at radius 1 is 1.14 bits per heavy atom. The van der Waals surface area contributed by atoms with Gasteiger partial charge < -0.3 is 5.32 Å². The molecule has 0 bridgehead atoms. The Labute approximate surface area is 150 Å². The number of halogens is 2. The van der Waals surface area contributed by atoms with Crippen molar-refractivity contribution in [1.82, 2.24) is 0 Å². The Bertz CT molecular complexity index is 554. The van der Waals surface area contributed by atoms with E-state index in [-0.39, 0.29) is 5.17 Å². The van der Waals surface area contributed by atoms with E-state index in [2.05, 4.69) is 33.0 Å². The molecule has 124 valence electrons. The summed E-state index contributed by atoms with van der Waals surface area (Å²) in [5.74, 6) is 0. The van der Waals surface area contributed by atoms with Crippen LogP contribution in [0.2, 0.25) is 5.02 Å². The fourth-order valence-corrected chi connectivity index (χ4v) is 2.93. The van der Waals surface area contributed by atoms with Crippen LogP contribution in [0.5, 0.6) is 0 Å². The molecule has 0 amide bonds. The second-order valence-electron chi connectivity index (χ2n) is 5.06. The number of hydrogen-bond donors (Lipinski definition) is 2. The Hall–Kier alpha value is -0.640. The van der Waals surface area contributed by atoms with Gasteiger partial charge in [0.05, 0.1) is 15.7 Å². The first-order valence-corrected chi connectivity index (χ1v) is 8.78. The van der Waals surface area contributed by atoms with Crippen LogP contribution in [0.4, 0.5) is 5.69 Å². The van der Waals surface area contributed by atoms with E-state index in [4.69, 9.17) is 40.8 Å². The Kier molecular flexibility index (Phi) is 9.90. The average molecular weight is 361 g/mol. The van der Waals surface area contributed by atoms with Crippen molar-refractivity contribution in [2.45, 2.75) is 60.8 Å². The zero-order valence-electron chi connectivity index (χ0n) is 14.3. The zero-order chi connectivity index (χ0) is 17.4. The van der Waals surface area contributed by atoms with E-state index in [1.165, 1.54) is 12.0 Å². The van der Waals surface area contributed by atoms with Gasteiger partial charge in [-0.3, -0.25) is 5.41 Å². The molecule has 0 saturated carbocycles. The first-order chi connectivity index (χ1) is 10.3. The molecule has 0 unspecified atom stereocenters. The topological polar surface area (TPSA) is 35.9 Å². The van der Waals surface area contributed by atoms with Gasteiger partial charge in [-0.15, -0.1) is 0 Å². The van der Waals surface area contributed by atoms with Crippen molar-refractivity contribution >= 4 is 51.3 Å². The minimum absolute atomic E-state index is 0.00722. The van der Waals surface area contributed by atoms with Gasteiger partial charge in [-0.25, -0.2) is 0 Å². The lowest BCUT2D eigenvalue weighted by molar-refractivity contribution is 1.02. The van der Waals surface area contributed by atoms with Crippen LogP contribution in [-0.4, -0.2) is 10.2 Å². The van der Waals surface area contributed by atoms with Gasteiger partial charge in [0.15, 0.2) is 0 Å². The van der Waals surface area contributed by atoms with Crippen LogP contribution in [0.1, 0.15) is 63.3 Å². The fraction of sp³-hybridized carbons (Fsp3) is 0.529. The van der Waals surface area contributed by atoms with Gasteiger partial charge in [0, 0.05) is 5.56 Å². The van der Waals surface area contributed by atoms with E-state index in [0.29, 0.717) is 21.3 Å². The molecule has 0 saturated heterocycles. The highest BCUT2D eigenvalue weighted by Gasteiger charge is 2.21. The highest BCUT2D eigenvalue weighted by atomic mass is 35.5. The monoisotopic (exact) mass is 360 g/mol. The predicted octanol–water partition coefficient (Wildman–Crippen LogP) is 6.51. The number of nitrogens with one attached hydrogen (secondary N) is 2. The molecule has 1 rings (SSSR count). The van der Waals surface area contributed by atoms with E-state index in [1.54, 1.807) is 6.92 Å². The van der Waals surface area contributed by atoms with Gasteiger partial charge in [-0.1, -0.05) is 69.5 Å². The Morgan fingerprint density at radius 3 is 1.91 bits per heavy atom. The molecule has 0 fully saturated rings. The third-order valence-electron chi connectivity index (χ3n) is 3.15. The van der Waals surface area contributed by atoms with Gasteiger partial charge in [0.2, 0.25) is 0 Å². The second-order valence-corrected chi connectivity index (χ2v) is 6.42. The minimum Gasteiger partial charge on any atom is -0.348 e. The lowest BCUT2D eigenvalue weighted by Gasteiger charge is -2.21. The van der Waals surface area contributed by atoms with Crippen LogP contribution in [0, 0.1) is 12.3 Å². The molecule has 2 N–H and O–H groups in total. The van der Waals surface area contributed by atoms with Crippen LogP contribution in [0.25, 0.3) is 0 Å². The molecule has 0 radical (unpaired) electrons. The summed E-state index contributed by atoms with van der Waals surface area (Å²) in [6, 6.07) is 0. The molecule has 2 nitrogen and oxygen atoms in total. The summed E-state index contributed by atoms with van der Waals surface area (Å²) in [6.07, 6.45) is 2.92. The molecule has 5 heteroatoms. The van der Waals surface area contributed by atoms with E-state index in [1.807, 2.05) is 6.92 Å². The molecule has 0 aliphatic rings. The van der Waals surface area contributed by atoms with Crippen molar-refractivity contribution in [2.75, 3.05) is 5.32 Å². The molecule has 0 aliphatic heterocycles. The third kappa shape index (κ3) is 5.22. The zero-order valence-corrected chi connectivity index (χ0v) is 16.6. The summed E-state index contributed by atoms with van der Waals surface area (Å²) in [6.45, 7) is 12.2. The van der Waals surface area contributed by atoms with E-state index in [0.717, 1.165) is 24.0 Å². The molecule has 0 atom stereocenters. The molecule has 0 aromatic heterocycles. The quantitative estimate of drug-likeness (QED) is 0.473. The molecular weight excluding hydrogens is 335 g/mol. The molecule has 1 aromatic carbocycles. The van der Waals surface area contributed by atoms with Crippen molar-refractivity contribution in [3.05, 3.63) is 27.3 Å². The first-order valence-electron chi connectivity index (χ1n) is 7.62. The summed E-state index contributed by atoms with van der Waals surface area (Å²) < 4.78 is 0. The molecule has 1 aromatic rings. The van der Waals surface area contributed by atoms with Gasteiger partial charge in [0.1, 0.15) is 5.17 Å². The molecule has 0 spiro atoms. The van der Waals surface area contributed by atoms with Crippen molar-refractivity contribution in [1.29, 1.82) is 5.41 Å². The van der Waals surface area contributed by atoms with E-state index >= 15 is 0 Å². The number of hydrogen-bond acceptors (Lipinski definition) is 2. The normalized spacial score (nSPS) is 9.82. The van der Waals surface area contributed by atoms with Crippen LogP contribution in [-0.2, 0) is 12.8 Å². The number of rotatable bonds is 4. The Balaban J connectivity index is 0.00000135. The lowest BCUT2D eigenvalue weighted by atomic mass is 9.91. The van der Waals surface area contributed by atoms with Crippen LogP contribution < -0.4 is 5.32 Å². The first kappa shape index (κ1) is 21.4. The van der Waals surface area contributed by atoms with Crippen LogP contribution in [0.15, 0.2) is 0 Å². The van der Waals surface area contributed by atoms with Gasteiger partial charge in [-0.2, -0.15) is 0 Å². The Morgan fingerprint density at radius 2 is 1.59 bits per heavy atom. The summed E-state index contributed by atoms with van der Waals surface area (Å²) >= 11 is 17.5. The number of benzene rings is 1. The maximum Gasteiger partial charge on any atom is 0.130 e. The summed E-state index contributed by atoms with van der Waals surface area (Å²) in [5.41, 5.74) is 4.59. The highest BCUT2D eigenvalue weighted by Crippen LogP contribution is 2.37. The standard InChI is InChI=1S/C14H18Cl2N2S.C3H8/c1-5-9-7(3)12(15)13(18-8(4)19)11(14(16)17)10(9)6-2;1-3-2/h17H,5-6H2,1-4H3,(H,18,19);3H2,1-2H3. The molecular formula is C17H26Cl2N2S. The highest BCUT2D eigenvalue weighted by molar-refractivity contribution is 7.80. The lowest BCUT2D eigenvalue weighted by Crippen LogP contribution is -2.13. The van der Waals surface area contributed by atoms with Gasteiger partial charge >= 0.3 is 0 Å². The maximum absolute atomic E-state index is 7.83. The molecule has 22 heavy (non-hydrogen) atoms. The third-order valence-corrected chi connectivity index (χ3v) is 3.91. The predicted molar refractivity (Wildman–Crippen MR) is 105 cm³/mol. The molecule has 0 aliphatic carbocycles. The van der Waals surface area contributed by atoms with Crippen molar-refractivity contribution in [2.24, 2.45) is 0 Å². The van der Waals surface area contributed by atoms with Crippen LogP contribution >= 0.6 is 35.4 Å². The summed E-state index contributed by atoms with van der Waals surface area (Å²) in [5, 5.41) is 11.5. The second kappa shape index (κ2) is 10.2. The van der Waals surface area contributed by atoms with Crippen molar-refractivity contribution in [3.8, 4) is 0 Å². The maximum atomic E-state index is 7.83. The number of anilines is 1. The van der Waals surface area contributed by atoms with E-state index < -0.39 is 0 Å². The summed E-state index contributed by atoms with van der Waals surface area (Å²) in [7, 11) is 0. The van der Waals surface area contributed by atoms with Crippen molar-refractivity contribution in [3.63, 3.8) is 0 Å².